The molecular formula is C14H18F3NO. The lowest BCUT2D eigenvalue weighted by Crippen LogP contribution is -2.16. The van der Waals surface area contributed by atoms with Crippen LogP contribution in [0.15, 0.2) is 24.3 Å². The topological polar surface area (TPSA) is 43.1 Å². The number of carbonyl (C=O) groups excluding carboxylic acids is 1. The number of alkyl halides is 3. The highest BCUT2D eigenvalue weighted by Crippen LogP contribution is 2.32. The minimum absolute atomic E-state index is 0.125. The van der Waals surface area contributed by atoms with Gasteiger partial charge in [0.05, 0.1) is 5.56 Å². The molecule has 106 valence electrons. The van der Waals surface area contributed by atoms with Gasteiger partial charge in [0.15, 0.2) is 0 Å². The van der Waals surface area contributed by atoms with Crippen molar-refractivity contribution in [1.82, 2.24) is 0 Å². The molecule has 1 aromatic carbocycles. The van der Waals surface area contributed by atoms with Gasteiger partial charge in [-0.3, -0.25) is 4.79 Å². The fraction of sp³-hybridized carbons (Fsp3) is 0.500. The molecule has 0 aliphatic heterocycles. The minimum atomic E-state index is -4.34. The monoisotopic (exact) mass is 273 g/mol. The van der Waals surface area contributed by atoms with Crippen LogP contribution in [0.25, 0.3) is 0 Å². The van der Waals surface area contributed by atoms with Gasteiger partial charge in [0.1, 0.15) is 0 Å². The van der Waals surface area contributed by atoms with Crippen LogP contribution in [-0.4, -0.2) is 5.91 Å². The molecule has 1 aromatic rings. The molecule has 2 nitrogen and oxygen atoms in total. The van der Waals surface area contributed by atoms with Crippen LogP contribution in [-0.2, 0) is 11.0 Å². The van der Waals surface area contributed by atoms with Crippen LogP contribution in [0, 0.1) is 5.92 Å². The second kappa shape index (κ2) is 6.08. The first-order valence-electron chi connectivity index (χ1n) is 6.15. The van der Waals surface area contributed by atoms with E-state index < -0.39 is 17.6 Å². The number of benzene rings is 1. The first-order valence-corrected chi connectivity index (χ1v) is 6.15. The number of nitrogens with two attached hydrogens (primary N) is 1. The maximum atomic E-state index is 12.5. The van der Waals surface area contributed by atoms with Crippen molar-refractivity contribution in [3.63, 3.8) is 0 Å². The van der Waals surface area contributed by atoms with Gasteiger partial charge in [0, 0.05) is 6.42 Å². The van der Waals surface area contributed by atoms with Crippen molar-refractivity contribution in [2.45, 2.75) is 38.8 Å². The van der Waals surface area contributed by atoms with Gasteiger partial charge in [0.2, 0.25) is 5.91 Å². The highest BCUT2D eigenvalue weighted by Gasteiger charge is 2.30. The average Bonchev–Trinajstić information content (AvgIpc) is 2.26. The summed E-state index contributed by atoms with van der Waals surface area (Å²) in [5.74, 6) is -0.225. The summed E-state index contributed by atoms with van der Waals surface area (Å²) in [7, 11) is 0. The Balaban J connectivity index is 2.93. The molecule has 0 bridgehead atoms. The fourth-order valence-electron chi connectivity index (χ4n) is 2.09. The second-order valence-electron chi connectivity index (χ2n) is 5.12. The lowest BCUT2D eigenvalue weighted by Gasteiger charge is -2.18. The Kier molecular flexibility index (Phi) is 4.97. The van der Waals surface area contributed by atoms with Gasteiger partial charge in [0.25, 0.3) is 0 Å². The number of carbonyl (C=O) groups is 1. The third-order valence-electron chi connectivity index (χ3n) is 2.91. The normalized spacial score (nSPS) is 13.6. The first kappa shape index (κ1) is 15.5. The van der Waals surface area contributed by atoms with Gasteiger partial charge in [-0.05, 0) is 36.0 Å². The number of halogens is 3. The first-order chi connectivity index (χ1) is 8.70. The largest absolute Gasteiger partial charge is 0.416 e. The predicted octanol–water partition coefficient (Wildman–Crippen LogP) is 3.71. The summed E-state index contributed by atoms with van der Waals surface area (Å²) in [6, 6.07) is 4.95. The fourth-order valence-corrected chi connectivity index (χ4v) is 2.09. The number of hydrogen-bond acceptors (Lipinski definition) is 1. The highest BCUT2D eigenvalue weighted by atomic mass is 19.4. The van der Waals surface area contributed by atoms with Gasteiger partial charge in [-0.25, -0.2) is 0 Å². The van der Waals surface area contributed by atoms with Crippen LogP contribution >= 0.6 is 0 Å². The van der Waals surface area contributed by atoms with E-state index in [0.29, 0.717) is 12.3 Å². The van der Waals surface area contributed by atoms with Crippen molar-refractivity contribution in [3.8, 4) is 0 Å². The van der Waals surface area contributed by atoms with Crippen molar-refractivity contribution in [2.24, 2.45) is 11.7 Å². The summed E-state index contributed by atoms with van der Waals surface area (Å²) >= 11 is 0. The van der Waals surface area contributed by atoms with Gasteiger partial charge < -0.3 is 5.73 Å². The van der Waals surface area contributed by atoms with E-state index in [1.165, 1.54) is 12.1 Å². The smallest absolute Gasteiger partial charge is 0.370 e. The Labute approximate surface area is 110 Å². The molecule has 19 heavy (non-hydrogen) atoms. The van der Waals surface area contributed by atoms with Crippen LogP contribution < -0.4 is 5.73 Å². The Morgan fingerprint density at radius 3 is 2.11 bits per heavy atom. The number of amides is 1. The van der Waals surface area contributed by atoms with E-state index in [1.54, 1.807) is 0 Å². The summed E-state index contributed by atoms with van der Waals surface area (Å²) in [5, 5.41) is 0. The van der Waals surface area contributed by atoms with Crippen molar-refractivity contribution < 1.29 is 18.0 Å². The SMILES string of the molecule is CC(C)CC(CC(N)=O)c1ccc(C(F)(F)F)cc1. The molecule has 0 saturated carbocycles. The van der Waals surface area contributed by atoms with Crippen molar-refractivity contribution in [3.05, 3.63) is 35.4 Å². The number of primary amides is 1. The molecule has 1 rings (SSSR count). The summed E-state index contributed by atoms with van der Waals surface area (Å²) in [4.78, 5) is 11.0. The molecule has 0 aliphatic rings. The zero-order valence-corrected chi connectivity index (χ0v) is 11.0. The van der Waals surface area contributed by atoms with Gasteiger partial charge >= 0.3 is 6.18 Å². The Morgan fingerprint density at radius 2 is 1.74 bits per heavy atom. The molecule has 0 aromatic heterocycles. The van der Waals surface area contributed by atoms with E-state index in [0.717, 1.165) is 17.7 Å². The average molecular weight is 273 g/mol. The predicted molar refractivity (Wildman–Crippen MR) is 67.5 cm³/mol. The zero-order valence-electron chi connectivity index (χ0n) is 11.0. The quantitative estimate of drug-likeness (QED) is 0.873. The Morgan fingerprint density at radius 1 is 1.21 bits per heavy atom. The zero-order chi connectivity index (χ0) is 14.6. The van der Waals surface area contributed by atoms with E-state index in [2.05, 4.69) is 0 Å². The van der Waals surface area contributed by atoms with E-state index in [9.17, 15) is 18.0 Å². The van der Waals surface area contributed by atoms with Crippen LogP contribution in [0.1, 0.15) is 43.7 Å². The van der Waals surface area contributed by atoms with Crippen molar-refractivity contribution in [1.29, 1.82) is 0 Å². The molecule has 0 fully saturated rings. The minimum Gasteiger partial charge on any atom is -0.370 e. The van der Waals surface area contributed by atoms with Gasteiger partial charge in [-0.15, -0.1) is 0 Å². The Bertz CT molecular complexity index is 423. The molecule has 5 heteroatoms. The molecule has 0 aliphatic carbocycles. The van der Waals surface area contributed by atoms with Crippen molar-refractivity contribution >= 4 is 5.91 Å². The van der Waals surface area contributed by atoms with Crippen molar-refractivity contribution in [2.75, 3.05) is 0 Å². The van der Waals surface area contributed by atoms with E-state index in [-0.39, 0.29) is 12.3 Å². The third-order valence-corrected chi connectivity index (χ3v) is 2.91. The summed E-state index contributed by atoms with van der Waals surface area (Å²) in [5.41, 5.74) is 5.23. The number of rotatable bonds is 5. The molecule has 0 heterocycles. The van der Waals surface area contributed by atoms with Gasteiger partial charge in [-0.1, -0.05) is 26.0 Å². The van der Waals surface area contributed by atoms with E-state index >= 15 is 0 Å². The standard InChI is InChI=1S/C14H18F3NO/c1-9(2)7-11(8-13(18)19)10-3-5-12(6-4-10)14(15,16)17/h3-6,9,11H,7-8H2,1-2H3,(H2,18,19). The molecule has 2 N–H and O–H groups in total. The molecule has 1 amide bonds. The van der Waals surface area contributed by atoms with Crippen LogP contribution in [0.4, 0.5) is 13.2 Å². The maximum absolute atomic E-state index is 12.5. The molecule has 0 spiro atoms. The van der Waals surface area contributed by atoms with E-state index in [4.69, 9.17) is 5.73 Å². The lowest BCUT2D eigenvalue weighted by molar-refractivity contribution is -0.137. The maximum Gasteiger partial charge on any atom is 0.416 e. The van der Waals surface area contributed by atoms with E-state index in [1.807, 2.05) is 13.8 Å². The lowest BCUT2D eigenvalue weighted by atomic mass is 9.87. The number of hydrogen-bond donors (Lipinski definition) is 1. The summed E-state index contributed by atoms with van der Waals surface area (Å²) in [6.45, 7) is 4.00. The molecule has 0 saturated heterocycles. The highest BCUT2D eigenvalue weighted by molar-refractivity contribution is 5.74. The van der Waals surface area contributed by atoms with Gasteiger partial charge in [-0.2, -0.15) is 13.2 Å². The summed E-state index contributed by atoms with van der Waals surface area (Å²) < 4.78 is 37.4. The van der Waals surface area contributed by atoms with Crippen LogP contribution in [0.5, 0.6) is 0 Å². The second-order valence-corrected chi connectivity index (χ2v) is 5.12. The molecule has 0 radical (unpaired) electrons. The van der Waals surface area contributed by atoms with Crippen LogP contribution in [0.2, 0.25) is 0 Å². The molecule has 1 atom stereocenters. The molecular weight excluding hydrogens is 255 g/mol. The summed E-state index contributed by atoms with van der Waals surface area (Å²) in [6.07, 6.45) is -3.46. The Hall–Kier alpha value is -1.52. The third kappa shape index (κ3) is 4.93. The van der Waals surface area contributed by atoms with Crippen LogP contribution in [0.3, 0.4) is 0 Å². The molecule has 1 unspecified atom stereocenters.